The van der Waals surface area contributed by atoms with Gasteiger partial charge in [0.2, 0.25) is 10.0 Å². The second-order valence-corrected chi connectivity index (χ2v) is 9.23. The van der Waals surface area contributed by atoms with Gasteiger partial charge in [-0.3, -0.25) is 4.79 Å². The largest absolute Gasteiger partial charge is 0.295 e. The molecule has 0 spiro atoms. The number of hydrogen-bond donors (Lipinski definition) is 1. The third-order valence-electron chi connectivity index (χ3n) is 3.51. The molecule has 1 aromatic rings. The van der Waals surface area contributed by atoms with Crippen LogP contribution in [0.5, 0.6) is 0 Å². The van der Waals surface area contributed by atoms with Crippen LogP contribution in [-0.4, -0.2) is 40.2 Å². The van der Waals surface area contributed by atoms with Crippen molar-refractivity contribution in [2.24, 2.45) is 0 Å². The van der Waals surface area contributed by atoms with E-state index < -0.39 is 25.1 Å². The maximum Gasteiger partial charge on any atom is 0.240 e. The summed E-state index contributed by atoms with van der Waals surface area (Å²) in [5.74, 6) is -0.121. The van der Waals surface area contributed by atoms with Gasteiger partial charge < -0.3 is 0 Å². The number of hydrogen-bond acceptors (Lipinski definition) is 5. The summed E-state index contributed by atoms with van der Waals surface area (Å²) in [6.45, 7) is 1.22. The average Bonchev–Trinajstić information content (AvgIpc) is 2.75. The fourth-order valence-corrected chi connectivity index (χ4v) is 5.25. The molecular weight excluding hydrogens is 314 g/mol. The van der Waals surface area contributed by atoms with E-state index in [9.17, 15) is 21.6 Å². The fraction of sp³-hybridized carbons (Fsp3) is 0.462. The summed E-state index contributed by atoms with van der Waals surface area (Å²) >= 11 is 0. The number of ketones is 1. The van der Waals surface area contributed by atoms with Gasteiger partial charge in [0.05, 0.1) is 15.9 Å². The van der Waals surface area contributed by atoms with Crippen molar-refractivity contribution in [3.8, 4) is 0 Å². The number of sulfonamides is 1. The van der Waals surface area contributed by atoms with Gasteiger partial charge in [-0.2, -0.15) is 0 Å². The Hall–Kier alpha value is -1.25. The lowest BCUT2D eigenvalue weighted by Gasteiger charge is -2.11. The van der Waals surface area contributed by atoms with Gasteiger partial charge in [0, 0.05) is 12.1 Å². The summed E-state index contributed by atoms with van der Waals surface area (Å²) < 4.78 is 50.0. The molecule has 0 radical (unpaired) electrons. The third-order valence-corrected chi connectivity index (χ3v) is 7.21. The van der Waals surface area contributed by atoms with E-state index in [-0.39, 0.29) is 23.0 Å². The van der Waals surface area contributed by atoms with Gasteiger partial charge >= 0.3 is 0 Å². The first kappa shape index (κ1) is 16.1. The molecule has 21 heavy (non-hydrogen) atoms. The number of carbonyl (C=O) groups excluding carboxylic acids is 1. The minimum absolute atomic E-state index is 0.0365. The molecule has 0 bridgehead atoms. The van der Waals surface area contributed by atoms with Crippen LogP contribution < -0.4 is 4.72 Å². The van der Waals surface area contributed by atoms with E-state index in [0.717, 1.165) is 0 Å². The van der Waals surface area contributed by atoms with Gasteiger partial charge in [-0.1, -0.05) is 12.1 Å². The normalized spacial score (nSPS) is 21.3. The Labute approximate surface area is 124 Å². The standard InChI is InChI=1S/C13H17NO5S2/c1-10(15)11-4-2-5-12(8-11)21(18,19)14-9-13-6-3-7-20(13,16)17/h2,4-5,8,13-14H,3,6-7,9H2,1H3. The molecule has 6 nitrogen and oxygen atoms in total. The van der Waals surface area contributed by atoms with Gasteiger partial charge in [0.15, 0.2) is 15.6 Å². The highest BCUT2D eigenvalue weighted by Gasteiger charge is 2.32. The van der Waals surface area contributed by atoms with Crippen molar-refractivity contribution in [2.75, 3.05) is 12.3 Å². The zero-order valence-corrected chi connectivity index (χ0v) is 13.2. The number of sulfone groups is 1. The summed E-state index contributed by atoms with van der Waals surface area (Å²) in [5, 5.41) is -0.664. The van der Waals surface area contributed by atoms with Crippen molar-refractivity contribution in [1.29, 1.82) is 0 Å². The number of rotatable bonds is 5. The number of Topliss-reactive ketones (excluding diaryl/α,β-unsaturated/α-hetero) is 1. The van der Waals surface area contributed by atoms with Crippen LogP contribution in [0.3, 0.4) is 0 Å². The molecule has 2 rings (SSSR count). The molecule has 1 aliphatic heterocycles. The van der Waals surface area contributed by atoms with E-state index in [1.54, 1.807) is 0 Å². The SMILES string of the molecule is CC(=O)c1cccc(S(=O)(=O)NCC2CCCS2(=O)=O)c1. The fourth-order valence-electron chi connectivity index (χ4n) is 2.26. The number of carbonyl (C=O) groups is 1. The Morgan fingerprint density at radius 3 is 2.67 bits per heavy atom. The van der Waals surface area contributed by atoms with E-state index in [1.807, 2.05) is 0 Å². The molecule has 1 aliphatic rings. The van der Waals surface area contributed by atoms with E-state index in [1.165, 1.54) is 31.2 Å². The second kappa shape index (κ2) is 5.86. The Morgan fingerprint density at radius 1 is 1.38 bits per heavy atom. The topological polar surface area (TPSA) is 97.4 Å². The molecule has 1 heterocycles. The number of benzene rings is 1. The van der Waals surface area contributed by atoms with Crippen LogP contribution in [0.2, 0.25) is 0 Å². The summed E-state index contributed by atoms with van der Waals surface area (Å²) in [5.41, 5.74) is 0.298. The van der Waals surface area contributed by atoms with Crippen LogP contribution >= 0.6 is 0 Å². The molecule has 116 valence electrons. The van der Waals surface area contributed by atoms with Crippen LogP contribution in [0.1, 0.15) is 30.1 Å². The van der Waals surface area contributed by atoms with E-state index >= 15 is 0 Å². The first-order valence-corrected chi connectivity index (χ1v) is 9.74. The second-order valence-electron chi connectivity index (χ2n) is 5.07. The van der Waals surface area contributed by atoms with E-state index in [4.69, 9.17) is 0 Å². The number of nitrogens with one attached hydrogen (secondary N) is 1. The maximum absolute atomic E-state index is 12.2. The van der Waals surface area contributed by atoms with Gasteiger partial charge in [-0.15, -0.1) is 0 Å². The molecule has 1 saturated heterocycles. The molecule has 0 saturated carbocycles. The summed E-state index contributed by atoms with van der Waals surface area (Å²) in [6.07, 6.45) is 1.03. The van der Waals surface area contributed by atoms with E-state index in [0.29, 0.717) is 18.4 Å². The average molecular weight is 331 g/mol. The first-order chi connectivity index (χ1) is 9.72. The summed E-state index contributed by atoms with van der Waals surface area (Å²) in [4.78, 5) is 11.2. The molecule has 1 unspecified atom stereocenters. The third kappa shape index (κ3) is 3.69. The highest BCUT2D eigenvalue weighted by Crippen LogP contribution is 2.20. The van der Waals surface area contributed by atoms with Gasteiger partial charge in [-0.25, -0.2) is 21.6 Å². The molecule has 8 heteroatoms. The van der Waals surface area contributed by atoms with E-state index in [2.05, 4.69) is 4.72 Å². The first-order valence-electron chi connectivity index (χ1n) is 6.54. The Balaban J connectivity index is 2.15. The predicted molar refractivity (Wildman–Crippen MR) is 78.4 cm³/mol. The minimum atomic E-state index is -3.82. The molecule has 1 fully saturated rings. The van der Waals surface area contributed by atoms with Crippen molar-refractivity contribution in [2.45, 2.75) is 29.9 Å². The minimum Gasteiger partial charge on any atom is -0.295 e. The molecule has 1 aromatic carbocycles. The lowest BCUT2D eigenvalue weighted by molar-refractivity contribution is 0.101. The van der Waals surface area contributed by atoms with Crippen LogP contribution in [0, 0.1) is 0 Å². The van der Waals surface area contributed by atoms with Crippen LogP contribution in [0.25, 0.3) is 0 Å². The lowest BCUT2D eigenvalue weighted by Crippen LogP contribution is -2.34. The molecule has 0 aliphatic carbocycles. The van der Waals surface area contributed by atoms with Crippen molar-refractivity contribution in [3.05, 3.63) is 29.8 Å². The highest BCUT2D eigenvalue weighted by atomic mass is 32.2. The monoisotopic (exact) mass is 331 g/mol. The highest BCUT2D eigenvalue weighted by molar-refractivity contribution is 7.92. The Bertz CT molecular complexity index is 753. The van der Waals surface area contributed by atoms with Gasteiger partial charge in [-0.05, 0) is 31.9 Å². The van der Waals surface area contributed by atoms with Crippen molar-refractivity contribution < 1.29 is 21.6 Å². The lowest BCUT2D eigenvalue weighted by atomic mass is 10.2. The van der Waals surface area contributed by atoms with Crippen molar-refractivity contribution in [1.82, 2.24) is 4.72 Å². The van der Waals surface area contributed by atoms with Crippen molar-refractivity contribution >= 4 is 25.6 Å². The predicted octanol–water partition coefficient (Wildman–Crippen LogP) is 0.745. The molecular formula is C13H17NO5S2. The van der Waals surface area contributed by atoms with Crippen LogP contribution in [-0.2, 0) is 19.9 Å². The molecule has 1 atom stereocenters. The zero-order valence-electron chi connectivity index (χ0n) is 11.6. The zero-order chi connectivity index (χ0) is 15.7. The van der Waals surface area contributed by atoms with Crippen LogP contribution in [0.15, 0.2) is 29.2 Å². The molecule has 1 N–H and O–H groups in total. The summed E-state index contributed by atoms with van der Waals surface area (Å²) in [7, 11) is -7.01. The Morgan fingerprint density at radius 2 is 2.10 bits per heavy atom. The van der Waals surface area contributed by atoms with Gasteiger partial charge in [0.25, 0.3) is 0 Å². The van der Waals surface area contributed by atoms with Crippen LogP contribution in [0.4, 0.5) is 0 Å². The smallest absolute Gasteiger partial charge is 0.240 e. The quantitative estimate of drug-likeness (QED) is 0.803. The maximum atomic E-state index is 12.2. The molecule has 0 amide bonds. The molecule has 0 aromatic heterocycles. The Kier molecular flexibility index (Phi) is 4.50. The summed E-state index contributed by atoms with van der Waals surface area (Å²) in [6, 6.07) is 5.67. The van der Waals surface area contributed by atoms with Gasteiger partial charge in [0.1, 0.15) is 0 Å². The van der Waals surface area contributed by atoms with Crippen molar-refractivity contribution in [3.63, 3.8) is 0 Å².